The quantitative estimate of drug-likeness (QED) is 0.0962. The van der Waals surface area contributed by atoms with E-state index >= 15 is 0 Å². The molecule has 0 aliphatic heterocycles. The molecule has 0 saturated carbocycles. The first-order chi connectivity index (χ1) is 24.4. The van der Waals surface area contributed by atoms with E-state index in [9.17, 15) is 21.6 Å². The molecule has 0 bridgehead atoms. The van der Waals surface area contributed by atoms with Crippen LogP contribution in [0.4, 0.5) is 0 Å². The van der Waals surface area contributed by atoms with Gasteiger partial charge in [-0.3, -0.25) is 4.79 Å². The number of hydrazone groups is 1. The number of halogens is 1. The zero-order valence-electron chi connectivity index (χ0n) is 28.0. The molecule has 1 aromatic heterocycles. The van der Waals surface area contributed by atoms with Gasteiger partial charge in [0.15, 0.2) is 0 Å². The van der Waals surface area contributed by atoms with Crippen molar-refractivity contribution in [2.45, 2.75) is 36.2 Å². The fourth-order valence-electron chi connectivity index (χ4n) is 5.04. The Morgan fingerprint density at radius 1 is 0.784 bits per heavy atom. The van der Waals surface area contributed by atoms with Crippen LogP contribution in [0.15, 0.2) is 135 Å². The fraction of sp³-hybridized carbons (Fsp3) is 0.189. The highest BCUT2D eigenvalue weighted by Crippen LogP contribution is 2.24. The largest absolute Gasteiger partial charge is 0.497 e. The lowest BCUT2D eigenvalue weighted by Gasteiger charge is -2.21. The number of methoxy groups -OCH3 is 1. The van der Waals surface area contributed by atoms with E-state index in [2.05, 4.69) is 10.5 Å². The molecule has 11 nitrogen and oxygen atoms in total. The summed E-state index contributed by atoms with van der Waals surface area (Å²) in [6.45, 7) is 1.42. The van der Waals surface area contributed by atoms with Gasteiger partial charge in [0.1, 0.15) is 17.3 Å². The summed E-state index contributed by atoms with van der Waals surface area (Å²) in [6, 6.07) is 32.0. The van der Waals surface area contributed by atoms with Crippen molar-refractivity contribution in [3.05, 3.63) is 148 Å². The Morgan fingerprint density at radius 3 is 2.06 bits per heavy atom. The predicted molar refractivity (Wildman–Crippen MR) is 195 cm³/mol. The molecule has 14 heteroatoms. The summed E-state index contributed by atoms with van der Waals surface area (Å²) in [5.74, 6) is 0.419. The number of rotatable bonds is 16. The number of amides is 1. The average molecular weight is 749 g/mol. The van der Waals surface area contributed by atoms with Crippen molar-refractivity contribution in [1.82, 2.24) is 14.0 Å². The van der Waals surface area contributed by atoms with Crippen molar-refractivity contribution in [1.29, 1.82) is 0 Å². The van der Waals surface area contributed by atoms with Gasteiger partial charge >= 0.3 is 0 Å². The van der Waals surface area contributed by atoms with Gasteiger partial charge in [-0.2, -0.15) is 13.7 Å². The number of hydrogen-bond donors (Lipinski definition) is 1. The zero-order chi connectivity index (χ0) is 36.4. The molecule has 0 atom stereocenters. The minimum Gasteiger partial charge on any atom is -0.497 e. The second-order valence-corrected chi connectivity index (χ2v) is 15.9. The minimum atomic E-state index is -4.05. The number of aryl methyl sites for hydroxylation is 1. The molecule has 0 radical (unpaired) electrons. The third-order valence-electron chi connectivity index (χ3n) is 7.84. The van der Waals surface area contributed by atoms with Crippen LogP contribution in [-0.4, -0.2) is 57.8 Å². The molecule has 1 amide bonds. The summed E-state index contributed by atoms with van der Waals surface area (Å²) < 4.78 is 68.0. The van der Waals surface area contributed by atoms with Gasteiger partial charge in [-0.05, 0) is 85.1 Å². The molecule has 51 heavy (non-hydrogen) atoms. The van der Waals surface area contributed by atoms with Gasteiger partial charge in [-0.25, -0.2) is 22.3 Å². The summed E-state index contributed by atoms with van der Waals surface area (Å²) in [4.78, 5) is 13.1. The number of benzene rings is 4. The van der Waals surface area contributed by atoms with Gasteiger partial charge in [0.2, 0.25) is 20.0 Å². The van der Waals surface area contributed by atoms with Crippen molar-refractivity contribution < 1.29 is 30.8 Å². The van der Waals surface area contributed by atoms with E-state index in [1.54, 1.807) is 72.8 Å². The third-order valence-corrected chi connectivity index (χ3v) is 11.8. The van der Waals surface area contributed by atoms with Gasteiger partial charge in [0.05, 0.1) is 36.2 Å². The van der Waals surface area contributed by atoms with Crippen LogP contribution < -0.4 is 10.2 Å². The highest BCUT2D eigenvalue weighted by molar-refractivity contribution is 7.89. The predicted octanol–water partition coefficient (Wildman–Crippen LogP) is 6.02. The Hall–Kier alpha value is -4.79. The Balaban J connectivity index is 1.27. The van der Waals surface area contributed by atoms with Crippen LogP contribution in [0.3, 0.4) is 0 Å². The van der Waals surface area contributed by atoms with Crippen molar-refractivity contribution in [2.24, 2.45) is 5.10 Å². The number of carbonyl (C=O) groups excluding carboxylic acids is 1. The summed E-state index contributed by atoms with van der Waals surface area (Å²) in [6.07, 6.45) is 1.64. The van der Waals surface area contributed by atoms with Crippen molar-refractivity contribution in [3.63, 3.8) is 0 Å². The van der Waals surface area contributed by atoms with E-state index < -0.39 is 32.5 Å². The Kier molecular flexibility index (Phi) is 12.4. The summed E-state index contributed by atoms with van der Waals surface area (Å²) in [5, 5.41) is 4.50. The second kappa shape index (κ2) is 16.9. The van der Waals surface area contributed by atoms with E-state index in [0.717, 1.165) is 21.0 Å². The molecule has 0 fully saturated rings. The van der Waals surface area contributed by atoms with E-state index in [0.29, 0.717) is 23.0 Å². The molecule has 1 heterocycles. The number of carbonyl (C=O) groups is 1. The number of ether oxygens (including phenoxy) is 1. The molecule has 0 saturated heterocycles. The summed E-state index contributed by atoms with van der Waals surface area (Å²) in [7, 11) is -6.49. The van der Waals surface area contributed by atoms with Crippen LogP contribution >= 0.6 is 11.6 Å². The normalized spacial score (nSPS) is 12.1. The fourth-order valence-corrected chi connectivity index (χ4v) is 7.96. The summed E-state index contributed by atoms with van der Waals surface area (Å²) in [5.41, 5.74) is 4.95. The highest BCUT2D eigenvalue weighted by atomic mass is 35.5. The molecule has 1 N–H and O–H groups in total. The van der Waals surface area contributed by atoms with E-state index in [-0.39, 0.29) is 35.2 Å². The van der Waals surface area contributed by atoms with Crippen LogP contribution in [0.5, 0.6) is 5.75 Å². The number of furan rings is 1. The molecule has 0 unspecified atom stereocenters. The van der Waals surface area contributed by atoms with Gasteiger partial charge < -0.3 is 9.15 Å². The van der Waals surface area contributed by atoms with Gasteiger partial charge in [0.25, 0.3) is 5.91 Å². The van der Waals surface area contributed by atoms with Crippen LogP contribution in [0.25, 0.3) is 0 Å². The first-order valence-electron chi connectivity index (χ1n) is 15.8. The third kappa shape index (κ3) is 10.1. The average Bonchev–Trinajstić information content (AvgIpc) is 3.58. The highest BCUT2D eigenvalue weighted by Gasteiger charge is 2.28. The van der Waals surface area contributed by atoms with Crippen LogP contribution in [0.2, 0.25) is 5.02 Å². The molecule has 0 aliphatic carbocycles. The molecule has 266 valence electrons. The Bertz CT molecular complexity index is 2160. The zero-order valence-corrected chi connectivity index (χ0v) is 30.4. The minimum absolute atomic E-state index is 0.0188. The smallest absolute Gasteiger partial charge is 0.255 e. The lowest BCUT2D eigenvalue weighted by Crippen LogP contribution is -2.40. The Morgan fingerprint density at radius 2 is 1.41 bits per heavy atom. The number of hydrogen-bond acceptors (Lipinski definition) is 8. The molecular formula is C37H37ClN4O7S2. The topological polar surface area (TPSA) is 139 Å². The SMILES string of the molecule is COc1ccc(S(=O)(=O)N(CCc2ccccc2)CC(=O)N/N=C\c2ccc(CN(Cc3ccc(Cl)cc3)S(=O)(=O)c3ccc(C)cc3)o2)cc1. The molecule has 0 aliphatic rings. The van der Waals surface area contributed by atoms with Gasteiger partial charge in [-0.15, -0.1) is 0 Å². The van der Waals surface area contributed by atoms with E-state index in [4.69, 9.17) is 20.8 Å². The molecule has 4 aromatic carbocycles. The van der Waals surface area contributed by atoms with E-state index in [1.807, 2.05) is 37.3 Å². The number of sulfonamides is 2. The van der Waals surface area contributed by atoms with Crippen LogP contribution in [0.1, 0.15) is 28.2 Å². The number of nitrogens with one attached hydrogen (secondary N) is 1. The first-order valence-corrected chi connectivity index (χ1v) is 19.1. The first kappa shape index (κ1) is 37.5. The molecule has 5 aromatic rings. The Labute approximate surface area is 303 Å². The second-order valence-electron chi connectivity index (χ2n) is 11.6. The van der Waals surface area contributed by atoms with Crippen LogP contribution in [0, 0.1) is 6.92 Å². The lowest BCUT2D eigenvalue weighted by atomic mass is 10.1. The standard InChI is InChI=1S/C37H37ClN4O7S2/c1-28-8-18-35(19-9-28)51(46,47)42(25-30-10-12-31(38)13-11-30)26-34-15-14-33(49-34)24-39-40-37(43)27-41(23-22-29-6-4-3-5-7-29)50(44,45)36-20-16-32(48-2)17-21-36/h3-21,24H,22-23,25-27H2,1-2H3,(H,40,43)/b39-24-. The maximum absolute atomic E-state index is 13.7. The van der Waals surface area contributed by atoms with Crippen molar-refractivity contribution in [2.75, 3.05) is 20.2 Å². The summed E-state index contributed by atoms with van der Waals surface area (Å²) >= 11 is 6.04. The lowest BCUT2D eigenvalue weighted by molar-refractivity contribution is -0.121. The number of nitrogens with zero attached hydrogens (tertiary/aromatic N) is 3. The van der Waals surface area contributed by atoms with Crippen molar-refractivity contribution >= 4 is 43.8 Å². The van der Waals surface area contributed by atoms with E-state index in [1.165, 1.54) is 29.8 Å². The van der Waals surface area contributed by atoms with Crippen molar-refractivity contribution in [3.8, 4) is 5.75 Å². The monoisotopic (exact) mass is 748 g/mol. The maximum Gasteiger partial charge on any atom is 0.255 e. The van der Waals surface area contributed by atoms with Crippen LogP contribution in [-0.2, 0) is 44.4 Å². The van der Waals surface area contributed by atoms with Gasteiger partial charge in [0, 0.05) is 18.1 Å². The molecule has 0 spiro atoms. The molecule has 5 rings (SSSR count). The molecular weight excluding hydrogens is 712 g/mol. The maximum atomic E-state index is 13.7. The van der Waals surface area contributed by atoms with Gasteiger partial charge in [-0.1, -0.05) is 71.8 Å².